The Hall–Kier alpha value is -0.610. The molecule has 0 saturated carbocycles. The van der Waals surface area contributed by atoms with Gasteiger partial charge in [-0.1, -0.05) is 0 Å². The number of carbonyl (C=O) groups is 1. The molecule has 0 radical (unpaired) electrons. The van der Waals surface area contributed by atoms with Gasteiger partial charge in [0.15, 0.2) is 0 Å². The molecule has 14 heavy (non-hydrogen) atoms. The molecule has 0 aliphatic heterocycles. The van der Waals surface area contributed by atoms with E-state index in [1.54, 1.807) is 4.90 Å². The van der Waals surface area contributed by atoms with Crippen LogP contribution in [0.2, 0.25) is 0 Å². The lowest BCUT2D eigenvalue weighted by atomic mass is 10.4. The standard InChI is InChI=1S/C10H22N2O2/c1-5-12(6-2)10(13)9-14-8-7-11(3)4/h5-9H2,1-4H3. The fraction of sp³-hybridized carbons (Fsp3) is 0.900. The molecule has 4 nitrogen and oxygen atoms in total. The van der Waals surface area contributed by atoms with Crippen molar-refractivity contribution in [3.05, 3.63) is 0 Å². The van der Waals surface area contributed by atoms with Crippen molar-refractivity contribution in [2.45, 2.75) is 13.8 Å². The van der Waals surface area contributed by atoms with Gasteiger partial charge >= 0.3 is 0 Å². The van der Waals surface area contributed by atoms with E-state index in [0.29, 0.717) is 6.61 Å². The van der Waals surface area contributed by atoms with Crippen LogP contribution in [0.4, 0.5) is 0 Å². The van der Waals surface area contributed by atoms with E-state index < -0.39 is 0 Å². The highest BCUT2D eigenvalue weighted by atomic mass is 16.5. The zero-order valence-corrected chi connectivity index (χ0v) is 9.75. The predicted molar refractivity (Wildman–Crippen MR) is 57.3 cm³/mol. The summed E-state index contributed by atoms with van der Waals surface area (Å²) in [5, 5.41) is 0. The van der Waals surface area contributed by atoms with Crippen molar-refractivity contribution < 1.29 is 9.53 Å². The van der Waals surface area contributed by atoms with Gasteiger partial charge in [-0.3, -0.25) is 4.79 Å². The quantitative estimate of drug-likeness (QED) is 0.561. The minimum atomic E-state index is 0.0776. The Kier molecular flexibility index (Phi) is 7.42. The summed E-state index contributed by atoms with van der Waals surface area (Å²) >= 11 is 0. The normalized spacial score (nSPS) is 10.6. The van der Waals surface area contributed by atoms with E-state index in [0.717, 1.165) is 19.6 Å². The first-order chi connectivity index (χ1) is 6.61. The van der Waals surface area contributed by atoms with Crippen LogP contribution in [-0.4, -0.2) is 62.7 Å². The Morgan fingerprint density at radius 1 is 1.21 bits per heavy atom. The summed E-state index contributed by atoms with van der Waals surface area (Å²) in [6, 6.07) is 0. The number of hydrogen-bond donors (Lipinski definition) is 0. The summed E-state index contributed by atoms with van der Waals surface area (Å²) in [4.78, 5) is 15.2. The fourth-order valence-electron chi connectivity index (χ4n) is 1.07. The number of amides is 1. The Labute approximate surface area is 86.8 Å². The second kappa shape index (κ2) is 7.76. The van der Waals surface area contributed by atoms with Crippen LogP contribution in [0.3, 0.4) is 0 Å². The molecule has 0 heterocycles. The van der Waals surface area contributed by atoms with E-state index in [-0.39, 0.29) is 12.5 Å². The van der Waals surface area contributed by atoms with Crippen LogP contribution in [0.5, 0.6) is 0 Å². The number of hydrogen-bond acceptors (Lipinski definition) is 3. The number of likely N-dealkylation sites (N-methyl/N-ethyl adjacent to an activating group) is 2. The van der Waals surface area contributed by atoms with Crippen LogP contribution < -0.4 is 0 Å². The summed E-state index contributed by atoms with van der Waals surface area (Å²) in [6.45, 7) is 7.13. The van der Waals surface area contributed by atoms with Crippen molar-refractivity contribution in [2.75, 3.05) is 46.9 Å². The third kappa shape index (κ3) is 5.94. The second-order valence-electron chi connectivity index (χ2n) is 3.42. The van der Waals surface area contributed by atoms with E-state index in [1.165, 1.54) is 0 Å². The van der Waals surface area contributed by atoms with Gasteiger partial charge in [-0.2, -0.15) is 0 Å². The zero-order valence-electron chi connectivity index (χ0n) is 9.75. The van der Waals surface area contributed by atoms with Crippen LogP contribution >= 0.6 is 0 Å². The SMILES string of the molecule is CCN(CC)C(=O)COCCN(C)C. The lowest BCUT2D eigenvalue weighted by Gasteiger charge is -2.18. The van der Waals surface area contributed by atoms with Crippen molar-refractivity contribution in [3.63, 3.8) is 0 Å². The Morgan fingerprint density at radius 2 is 1.79 bits per heavy atom. The third-order valence-corrected chi connectivity index (χ3v) is 2.02. The lowest BCUT2D eigenvalue weighted by Crippen LogP contribution is -2.34. The molecule has 0 unspecified atom stereocenters. The highest BCUT2D eigenvalue weighted by molar-refractivity contribution is 5.77. The minimum absolute atomic E-state index is 0.0776. The molecule has 0 aliphatic rings. The largest absolute Gasteiger partial charge is 0.370 e. The maximum Gasteiger partial charge on any atom is 0.248 e. The predicted octanol–water partition coefficient (Wildman–Crippen LogP) is 0.433. The molecule has 0 saturated heterocycles. The van der Waals surface area contributed by atoms with E-state index in [4.69, 9.17) is 4.74 Å². The molecule has 0 aliphatic carbocycles. The first kappa shape index (κ1) is 13.4. The molecule has 0 fully saturated rings. The van der Waals surface area contributed by atoms with E-state index in [9.17, 15) is 4.79 Å². The van der Waals surface area contributed by atoms with Gasteiger partial charge in [0.05, 0.1) is 6.61 Å². The number of carbonyl (C=O) groups excluding carboxylic acids is 1. The molecule has 0 bridgehead atoms. The monoisotopic (exact) mass is 202 g/mol. The van der Waals surface area contributed by atoms with Gasteiger partial charge in [-0.15, -0.1) is 0 Å². The lowest BCUT2D eigenvalue weighted by molar-refractivity contribution is -0.135. The van der Waals surface area contributed by atoms with Gasteiger partial charge in [0.2, 0.25) is 5.91 Å². The average Bonchev–Trinajstić information content (AvgIpc) is 2.14. The van der Waals surface area contributed by atoms with Crippen LogP contribution in [0.1, 0.15) is 13.8 Å². The van der Waals surface area contributed by atoms with Gasteiger partial charge in [-0.05, 0) is 27.9 Å². The highest BCUT2D eigenvalue weighted by Gasteiger charge is 2.08. The maximum atomic E-state index is 11.4. The molecule has 0 aromatic rings. The topological polar surface area (TPSA) is 32.8 Å². The Balaban J connectivity index is 3.52. The third-order valence-electron chi connectivity index (χ3n) is 2.02. The van der Waals surface area contributed by atoms with Crippen molar-refractivity contribution in [1.29, 1.82) is 0 Å². The zero-order chi connectivity index (χ0) is 11.0. The van der Waals surface area contributed by atoms with Crippen molar-refractivity contribution >= 4 is 5.91 Å². The molecule has 0 aromatic heterocycles. The van der Waals surface area contributed by atoms with Crippen molar-refractivity contribution in [2.24, 2.45) is 0 Å². The summed E-state index contributed by atoms with van der Waals surface area (Å²) in [5.41, 5.74) is 0. The highest BCUT2D eigenvalue weighted by Crippen LogP contribution is 1.90. The van der Waals surface area contributed by atoms with Gasteiger partial charge < -0.3 is 14.5 Å². The molecular weight excluding hydrogens is 180 g/mol. The van der Waals surface area contributed by atoms with Gasteiger partial charge in [-0.25, -0.2) is 0 Å². The molecule has 0 spiro atoms. The minimum Gasteiger partial charge on any atom is -0.370 e. The molecule has 0 N–H and O–H groups in total. The van der Waals surface area contributed by atoms with E-state index in [2.05, 4.69) is 0 Å². The fourth-order valence-corrected chi connectivity index (χ4v) is 1.07. The summed E-state index contributed by atoms with van der Waals surface area (Å²) < 4.78 is 5.26. The smallest absolute Gasteiger partial charge is 0.248 e. The molecular formula is C10H22N2O2. The van der Waals surface area contributed by atoms with Crippen molar-refractivity contribution in [3.8, 4) is 0 Å². The van der Waals surface area contributed by atoms with Crippen LogP contribution in [0.25, 0.3) is 0 Å². The Bertz CT molecular complexity index is 156. The second-order valence-corrected chi connectivity index (χ2v) is 3.42. The molecule has 1 amide bonds. The van der Waals surface area contributed by atoms with Gasteiger partial charge in [0, 0.05) is 19.6 Å². The Morgan fingerprint density at radius 3 is 2.21 bits per heavy atom. The molecule has 4 heteroatoms. The number of ether oxygens (including phenoxy) is 1. The molecule has 0 rings (SSSR count). The molecule has 0 aromatic carbocycles. The first-order valence-electron chi connectivity index (χ1n) is 5.12. The summed E-state index contributed by atoms with van der Waals surface area (Å²) in [6.07, 6.45) is 0. The van der Waals surface area contributed by atoms with Crippen molar-refractivity contribution in [1.82, 2.24) is 9.80 Å². The number of nitrogens with zero attached hydrogens (tertiary/aromatic N) is 2. The summed E-state index contributed by atoms with van der Waals surface area (Å²) in [7, 11) is 3.96. The van der Waals surface area contributed by atoms with E-state index >= 15 is 0 Å². The average molecular weight is 202 g/mol. The number of rotatable bonds is 7. The first-order valence-corrected chi connectivity index (χ1v) is 5.12. The van der Waals surface area contributed by atoms with Crippen LogP contribution in [0, 0.1) is 0 Å². The summed E-state index contributed by atoms with van der Waals surface area (Å²) in [5.74, 6) is 0.0776. The van der Waals surface area contributed by atoms with Gasteiger partial charge in [0.1, 0.15) is 6.61 Å². The maximum absolute atomic E-state index is 11.4. The van der Waals surface area contributed by atoms with E-state index in [1.807, 2.05) is 32.8 Å². The molecule has 84 valence electrons. The van der Waals surface area contributed by atoms with Crippen LogP contribution in [-0.2, 0) is 9.53 Å². The van der Waals surface area contributed by atoms with Crippen LogP contribution in [0.15, 0.2) is 0 Å². The van der Waals surface area contributed by atoms with Gasteiger partial charge in [0.25, 0.3) is 0 Å². The molecule has 0 atom stereocenters.